The van der Waals surface area contributed by atoms with E-state index in [1.807, 2.05) is 45.0 Å². The molecule has 0 saturated carbocycles. The van der Waals surface area contributed by atoms with E-state index in [9.17, 15) is 5.26 Å². The van der Waals surface area contributed by atoms with Crippen LogP contribution in [-0.4, -0.2) is 4.98 Å². The summed E-state index contributed by atoms with van der Waals surface area (Å²) in [5.74, 6) is 0.304. The number of aryl methyl sites for hydroxylation is 2. The lowest BCUT2D eigenvalue weighted by Gasteiger charge is -2.14. The van der Waals surface area contributed by atoms with Crippen molar-refractivity contribution in [2.45, 2.75) is 20.8 Å². The van der Waals surface area contributed by atoms with Crippen LogP contribution in [0, 0.1) is 32.1 Å². The molecule has 0 aliphatic carbocycles. The molecular formula is C15H15N3. The Hall–Kier alpha value is -2.34. The first-order chi connectivity index (χ1) is 8.56. The normalized spacial score (nSPS) is 10.1. The zero-order valence-electron chi connectivity index (χ0n) is 10.8. The van der Waals surface area contributed by atoms with Gasteiger partial charge in [0.25, 0.3) is 0 Å². The molecule has 0 spiro atoms. The molecule has 1 aromatic heterocycles. The number of aromatic nitrogens is 1. The lowest BCUT2D eigenvalue weighted by Crippen LogP contribution is -2.03. The van der Waals surface area contributed by atoms with Gasteiger partial charge >= 0.3 is 0 Å². The van der Waals surface area contributed by atoms with Crippen LogP contribution in [0.3, 0.4) is 0 Å². The second-order valence-corrected chi connectivity index (χ2v) is 4.38. The predicted molar refractivity (Wildman–Crippen MR) is 73.0 cm³/mol. The molecule has 3 nitrogen and oxygen atoms in total. The van der Waals surface area contributed by atoms with E-state index in [2.05, 4.69) is 11.1 Å². The van der Waals surface area contributed by atoms with Crippen LogP contribution in [0.25, 0.3) is 11.1 Å². The van der Waals surface area contributed by atoms with Gasteiger partial charge in [0.1, 0.15) is 17.5 Å². The number of rotatable bonds is 1. The van der Waals surface area contributed by atoms with E-state index in [-0.39, 0.29) is 0 Å². The van der Waals surface area contributed by atoms with Gasteiger partial charge < -0.3 is 5.73 Å². The van der Waals surface area contributed by atoms with Gasteiger partial charge in [0.15, 0.2) is 0 Å². The number of pyridine rings is 1. The Labute approximate surface area is 107 Å². The molecule has 2 aromatic rings. The van der Waals surface area contributed by atoms with Crippen LogP contribution in [0.15, 0.2) is 24.3 Å². The second-order valence-electron chi connectivity index (χ2n) is 4.38. The molecule has 2 rings (SSSR count). The first-order valence-electron chi connectivity index (χ1n) is 5.79. The fourth-order valence-electron chi connectivity index (χ4n) is 2.12. The van der Waals surface area contributed by atoms with Gasteiger partial charge in [0, 0.05) is 11.3 Å². The molecular weight excluding hydrogens is 222 g/mol. The minimum atomic E-state index is 0.304. The summed E-state index contributed by atoms with van der Waals surface area (Å²) in [7, 11) is 0. The molecule has 90 valence electrons. The summed E-state index contributed by atoms with van der Waals surface area (Å²) in [5.41, 5.74) is 11.3. The van der Waals surface area contributed by atoms with E-state index < -0.39 is 0 Å². The number of hydrogen-bond donors (Lipinski definition) is 1. The fraction of sp³-hybridized carbons (Fsp3) is 0.200. The largest absolute Gasteiger partial charge is 0.383 e. The molecule has 0 bridgehead atoms. The van der Waals surface area contributed by atoms with Crippen molar-refractivity contribution in [2.24, 2.45) is 0 Å². The zero-order valence-corrected chi connectivity index (χ0v) is 10.8. The predicted octanol–water partition coefficient (Wildman–Crippen LogP) is 3.13. The molecule has 0 saturated heterocycles. The van der Waals surface area contributed by atoms with Crippen molar-refractivity contribution in [2.75, 3.05) is 5.73 Å². The molecule has 0 amide bonds. The second kappa shape index (κ2) is 4.50. The van der Waals surface area contributed by atoms with Gasteiger partial charge in [0.05, 0.1) is 0 Å². The quantitative estimate of drug-likeness (QED) is 0.828. The van der Waals surface area contributed by atoms with Crippen molar-refractivity contribution in [1.82, 2.24) is 4.98 Å². The Balaban J connectivity index is 2.87. The molecule has 18 heavy (non-hydrogen) atoms. The van der Waals surface area contributed by atoms with E-state index >= 15 is 0 Å². The summed E-state index contributed by atoms with van der Waals surface area (Å²) in [5, 5.41) is 9.30. The SMILES string of the molecule is Cc1ccccc1-c1c(C)c(C)nc(N)c1C#N. The van der Waals surface area contributed by atoms with Crippen LogP contribution < -0.4 is 5.73 Å². The summed E-state index contributed by atoms with van der Waals surface area (Å²) in [6.07, 6.45) is 0. The van der Waals surface area contributed by atoms with Crippen LogP contribution in [0.1, 0.15) is 22.4 Å². The third-order valence-corrected chi connectivity index (χ3v) is 3.24. The summed E-state index contributed by atoms with van der Waals surface area (Å²) in [4.78, 5) is 4.22. The summed E-state index contributed by atoms with van der Waals surface area (Å²) < 4.78 is 0. The number of hydrogen-bond acceptors (Lipinski definition) is 3. The van der Waals surface area contributed by atoms with E-state index in [1.165, 1.54) is 0 Å². The highest BCUT2D eigenvalue weighted by molar-refractivity contribution is 5.80. The van der Waals surface area contributed by atoms with Crippen molar-refractivity contribution in [1.29, 1.82) is 5.26 Å². The molecule has 3 heteroatoms. The van der Waals surface area contributed by atoms with Gasteiger partial charge in [0.2, 0.25) is 0 Å². The third kappa shape index (κ3) is 1.82. The fourth-order valence-corrected chi connectivity index (χ4v) is 2.12. The van der Waals surface area contributed by atoms with E-state index in [0.717, 1.165) is 27.9 Å². The van der Waals surface area contributed by atoms with E-state index in [4.69, 9.17) is 5.73 Å². The Morgan fingerprint density at radius 3 is 2.44 bits per heavy atom. The van der Waals surface area contributed by atoms with Crippen molar-refractivity contribution in [3.05, 3.63) is 46.6 Å². The molecule has 2 N–H and O–H groups in total. The van der Waals surface area contributed by atoms with Crippen molar-refractivity contribution < 1.29 is 0 Å². The van der Waals surface area contributed by atoms with Gasteiger partial charge in [-0.25, -0.2) is 4.98 Å². The number of anilines is 1. The maximum absolute atomic E-state index is 9.30. The smallest absolute Gasteiger partial charge is 0.142 e. The lowest BCUT2D eigenvalue weighted by molar-refractivity contribution is 1.15. The lowest BCUT2D eigenvalue weighted by atomic mass is 9.92. The molecule has 1 heterocycles. The van der Waals surface area contributed by atoms with Crippen LogP contribution in [-0.2, 0) is 0 Å². The molecule has 0 atom stereocenters. The van der Waals surface area contributed by atoms with Gasteiger partial charge in [-0.05, 0) is 37.5 Å². The van der Waals surface area contributed by atoms with Crippen LogP contribution in [0.5, 0.6) is 0 Å². The average molecular weight is 237 g/mol. The summed E-state index contributed by atoms with van der Waals surface area (Å²) >= 11 is 0. The van der Waals surface area contributed by atoms with Gasteiger partial charge in [-0.3, -0.25) is 0 Å². The van der Waals surface area contributed by atoms with Crippen LogP contribution >= 0.6 is 0 Å². The highest BCUT2D eigenvalue weighted by Crippen LogP contribution is 2.33. The third-order valence-electron chi connectivity index (χ3n) is 3.24. The Bertz CT molecular complexity index is 652. The number of nitriles is 1. The molecule has 1 aromatic carbocycles. The number of nitrogen functional groups attached to an aromatic ring is 1. The highest BCUT2D eigenvalue weighted by atomic mass is 14.8. The highest BCUT2D eigenvalue weighted by Gasteiger charge is 2.16. The molecule has 0 aliphatic heterocycles. The first-order valence-corrected chi connectivity index (χ1v) is 5.79. The summed E-state index contributed by atoms with van der Waals surface area (Å²) in [6.45, 7) is 5.92. The number of benzene rings is 1. The van der Waals surface area contributed by atoms with Gasteiger partial charge in [-0.2, -0.15) is 5.26 Å². The maximum Gasteiger partial charge on any atom is 0.142 e. The van der Waals surface area contributed by atoms with Gasteiger partial charge in [-0.1, -0.05) is 24.3 Å². The molecule has 0 unspecified atom stereocenters. The minimum absolute atomic E-state index is 0.304. The van der Waals surface area contributed by atoms with Crippen molar-refractivity contribution in [3.8, 4) is 17.2 Å². The Morgan fingerprint density at radius 2 is 1.83 bits per heavy atom. The van der Waals surface area contributed by atoms with Crippen molar-refractivity contribution >= 4 is 5.82 Å². The molecule has 0 fully saturated rings. The van der Waals surface area contributed by atoms with Gasteiger partial charge in [-0.15, -0.1) is 0 Å². The topological polar surface area (TPSA) is 62.7 Å². The monoisotopic (exact) mass is 237 g/mol. The van der Waals surface area contributed by atoms with Crippen LogP contribution in [0.4, 0.5) is 5.82 Å². The summed E-state index contributed by atoms with van der Waals surface area (Å²) in [6, 6.07) is 10.2. The maximum atomic E-state index is 9.30. The van der Waals surface area contributed by atoms with Crippen molar-refractivity contribution in [3.63, 3.8) is 0 Å². The Morgan fingerprint density at radius 1 is 1.17 bits per heavy atom. The first kappa shape index (κ1) is 12.1. The van der Waals surface area contributed by atoms with E-state index in [1.54, 1.807) is 0 Å². The van der Waals surface area contributed by atoms with Crippen LogP contribution in [0.2, 0.25) is 0 Å². The average Bonchev–Trinajstić information content (AvgIpc) is 2.34. The minimum Gasteiger partial charge on any atom is -0.383 e. The number of nitrogens with zero attached hydrogens (tertiary/aromatic N) is 2. The zero-order chi connectivity index (χ0) is 13.3. The standard InChI is InChI=1S/C15H15N3/c1-9-6-4-5-7-12(9)14-10(2)11(3)18-15(17)13(14)8-16/h4-7H,1-3H3,(H2,17,18). The van der Waals surface area contributed by atoms with E-state index in [0.29, 0.717) is 11.4 Å². The molecule has 0 aliphatic rings. The number of nitrogens with two attached hydrogens (primary N) is 1. The Kier molecular flexibility index (Phi) is 3.03. The molecule has 0 radical (unpaired) electrons.